The maximum atomic E-state index is 13.0. The maximum absolute atomic E-state index is 13.0. The first-order valence-corrected chi connectivity index (χ1v) is 8.22. The lowest BCUT2D eigenvalue weighted by Gasteiger charge is -2.25. The zero-order valence-electron chi connectivity index (χ0n) is 13.9. The molecular formula is C18H21N3O3. The van der Waals surface area contributed by atoms with Crippen LogP contribution in [-0.2, 0) is 16.1 Å². The van der Waals surface area contributed by atoms with E-state index in [0.29, 0.717) is 25.5 Å². The number of oxazole rings is 1. The van der Waals surface area contributed by atoms with Gasteiger partial charge < -0.3 is 19.0 Å². The summed E-state index contributed by atoms with van der Waals surface area (Å²) in [7, 11) is 4.03. The van der Waals surface area contributed by atoms with Crippen molar-refractivity contribution in [3.63, 3.8) is 0 Å². The highest BCUT2D eigenvalue weighted by Gasteiger charge is 2.40. The van der Waals surface area contributed by atoms with Crippen LogP contribution in [0.2, 0.25) is 0 Å². The van der Waals surface area contributed by atoms with Crippen molar-refractivity contribution in [1.29, 1.82) is 0 Å². The number of rotatable bonds is 3. The summed E-state index contributed by atoms with van der Waals surface area (Å²) in [6.45, 7) is 1.77. The van der Waals surface area contributed by atoms with Gasteiger partial charge in [0.2, 0.25) is 5.91 Å². The van der Waals surface area contributed by atoms with Crippen LogP contribution < -0.4 is 4.90 Å². The number of carbonyl (C=O) groups is 1. The molecule has 2 aliphatic heterocycles. The summed E-state index contributed by atoms with van der Waals surface area (Å²) >= 11 is 0. The minimum Gasteiger partial charge on any atom is -0.446 e. The van der Waals surface area contributed by atoms with E-state index in [4.69, 9.17) is 9.15 Å². The minimum atomic E-state index is -0.202. The molecule has 0 spiro atoms. The molecule has 6 heteroatoms. The Hall–Kier alpha value is -2.34. The molecule has 4 rings (SSSR count). The second-order valence-corrected chi connectivity index (χ2v) is 6.61. The second-order valence-electron chi connectivity index (χ2n) is 6.61. The van der Waals surface area contributed by atoms with E-state index < -0.39 is 0 Å². The fraction of sp³-hybridized carbons (Fsp3) is 0.444. The van der Waals surface area contributed by atoms with E-state index in [1.807, 2.05) is 19.0 Å². The molecule has 3 heterocycles. The predicted octanol–water partition coefficient (Wildman–Crippen LogP) is 2.21. The lowest BCUT2D eigenvalue weighted by atomic mass is 10.0. The van der Waals surface area contributed by atoms with Crippen molar-refractivity contribution >= 4 is 11.6 Å². The zero-order chi connectivity index (χ0) is 16.7. The molecule has 1 saturated heterocycles. The van der Waals surface area contributed by atoms with Crippen LogP contribution in [0.25, 0.3) is 0 Å². The molecule has 1 aromatic heterocycles. The molecule has 2 aromatic rings. The summed E-state index contributed by atoms with van der Waals surface area (Å²) in [5, 5.41) is 0. The third-order valence-electron chi connectivity index (χ3n) is 4.87. The molecule has 126 valence electrons. The van der Waals surface area contributed by atoms with Crippen LogP contribution in [0.15, 0.2) is 35.2 Å². The first kappa shape index (κ1) is 15.2. The van der Waals surface area contributed by atoms with Crippen LogP contribution in [0.3, 0.4) is 0 Å². The van der Waals surface area contributed by atoms with Crippen molar-refractivity contribution in [2.75, 3.05) is 32.2 Å². The number of nitrogens with zero attached hydrogens (tertiary/aromatic N) is 3. The number of amides is 1. The SMILES string of the molecule is CN(C)c1ccc2c(c1)CN(C(=O)C1CCOC1)C2c1cnco1. The molecule has 1 amide bonds. The highest BCUT2D eigenvalue weighted by atomic mass is 16.5. The molecule has 6 nitrogen and oxygen atoms in total. The van der Waals surface area contributed by atoms with Crippen molar-refractivity contribution in [3.05, 3.63) is 47.7 Å². The average Bonchev–Trinajstić information content (AvgIpc) is 3.31. The van der Waals surface area contributed by atoms with E-state index in [1.165, 1.54) is 6.39 Å². The van der Waals surface area contributed by atoms with E-state index in [9.17, 15) is 4.79 Å². The Labute approximate surface area is 141 Å². The molecule has 0 N–H and O–H groups in total. The van der Waals surface area contributed by atoms with Crippen LogP contribution in [0.1, 0.15) is 29.3 Å². The van der Waals surface area contributed by atoms with Gasteiger partial charge in [0.15, 0.2) is 12.2 Å². The lowest BCUT2D eigenvalue weighted by molar-refractivity contribution is -0.137. The minimum absolute atomic E-state index is 0.0574. The molecule has 1 fully saturated rings. The molecule has 2 aliphatic rings. The largest absolute Gasteiger partial charge is 0.446 e. The number of carbonyl (C=O) groups excluding carboxylic acids is 1. The topological polar surface area (TPSA) is 58.8 Å². The molecule has 2 atom stereocenters. The quantitative estimate of drug-likeness (QED) is 0.865. The first-order valence-electron chi connectivity index (χ1n) is 8.22. The van der Waals surface area contributed by atoms with Gasteiger partial charge in [-0.2, -0.15) is 0 Å². The van der Waals surface area contributed by atoms with Crippen molar-refractivity contribution in [2.45, 2.75) is 19.0 Å². The van der Waals surface area contributed by atoms with E-state index in [2.05, 4.69) is 28.1 Å². The number of aromatic nitrogens is 1. The monoisotopic (exact) mass is 327 g/mol. The average molecular weight is 327 g/mol. The van der Waals surface area contributed by atoms with Gasteiger partial charge in [-0.1, -0.05) is 6.07 Å². The van der Waals surface area contributed by atoms with Gasteiger partial charge in [-0.25, -0.2) is 4.98 Å². The smallest absolute Gasteiger partial charge is 0.229 e. The molecule has 0 radical (unpaired) electrons. The number of ether oxygens (including phenoxy) is 1. The van der Waals surface area contributed by atoms with Gasteiger partial charge in [0.1, 0.15) is 6.04 Å². The second kappa shape index (κ2) is 5.94. The summed E-state index contributed by atoms with van der Waals surface area (Å²) < 4.78 is 10.9. The first-order chi connectivity index (χ1) is 11.6. The summed E-state index contributed by atoms with van der Waals surface area (Å²) in [5.74, 6) is 0.785. The molecule has 2 unspecified atom stereocenters. The molecule has 24 heavy (non-hydrogen) atoms. The van der Waals surface area contributed by atoms with Crippen molar-refractivity contribution in [2.24, 2.45) is 5.92 Å². The van der Waals surface area contributed by atoms with Crippen LogP contribution in [0, 0.1) is 5.92 Å². The molecule has 0 bridgehead atoms. The van der Waals surface area contributed by atoms with Crippen molar-refractivity contribution < 1.29 is 13.9 Å². The molecule has 0 aliphatic carbocycles. The van der Waals surface area contributed by atoms with E-state index in [-0.39, 0.29) is 17.9 Å². The zero-order valence-corrected chi connectivity index (χ0v) is 13.9. The predicted molar refractivity (Wildman–Crippen MR) is 88.6 cm³/mol. The Morgan fingerprint density at radius 1 is 1.38 bits per heavy atom. The Bertz CT molecular complexity index is 736. The van der Waals surface area contributed by atoms with Gasteiger partial charge in [0.05, 0.1) is 18.7 Å². The highest BCUT2D eigenvalue weighted by Crippen LogP contribution is 2.41. The van der Waals surface area contributed by atoms with Gasteiger partial charge in [0, 0.05) is 32.9 Å². The third-order valence-corrected chi connectivity index (χ3v) is 4.87. The summed E-state index contributed by atoms with van der Waals surface area (Å²) in [6, 6.07) is 6.12. The third kappa shape index (κ3) is 2.47. The summed E-state index contributed by atoms with van der Waals surface area (Å²) in [4.78, 5) is 21.0. The number of benzene rings is 1. The Kier molecular flexibility index (Phi) is 3.76. The fourth-order valence-electron chi connectivity index (χ4n) is 3.55. The number of fused-ring (bicyclic) bond motifs is 1. The summed E-state index contributed by atoms with van der Waals surface area (Å²) in [5.41, 5.74) is 3.41. The Balaban J connectivity index is 1.72. The maximum Gasteiger partial charge on any atom is 0.229 e. The highest BCUT2D eigenvalue weighted by molar-refractivity contribution is 5.81. The Morgan fingerprint density at radius 2 is 2.25 bits per heavy atom. The number of hydrogen-bond donors (Lipinski definition) is 0. The normalized spacial score (nSPS) is 22.7. The number of hydrogen-bond acceptors (Lipinski definition) is 5. The molecule has 1 aromatic carbocycles. The Morgan fingerprint density at radius 3 is 2.92 bits per heavy atom. The van der Waals surface area contributed by atoms with Gasteiger partial charge in [-0.3, -0.25) is 4.79 Å². The van der Waals surface area contributed by atoms with Gasteiger partial charge in [0.25, 0.3) is 0 Å². The van der Waals surface area contributed by atoms with E-state index >= 15 is 0 Å². The van der Waals surface area contributed by atoms with Gasteiger partial charge >= 0.3 is 0 Å². The summed E-state index contributed by atoms with van der Waals surface area (Å²) in [6.07, 6.45) is 3.91. The van der Waals surface area contributed by atoms with Crippen LogP contribution in [0.4, 0.5) is 5.69 Å². The molecule has 0 saturated carbocycles. The van der Waals surface area contributed by atoms with E-state index in [0.717, 1.165) is 23.2 Å². The van der Waals surface area contributed by atoms with E-state index in [1.54, 1.807) is 6.20 Å². The molecular weight excluding hydrogens is 306 g/mol. The van der Waals surface area contributed by atoms with Gasteiger partial charge in [-0.05, 0) is 29.7 Å². The van der Waals surface area contributed by atoms with Crippen molar-refractivity contribution in [1.82, 2.24) is 9.88 Å². The van der Waals surface area contributed by atoms with Crippen LogP contribution in [0.5, 0.6) is 0 Å². The van der Waals surface area contributed by atoms with Crippen LogP contribution in [-0.4, -0.2) is 43.1 Å². The van der Waals surface area contributed by atoms with Gasteiger partial charge in [-0.15, -0.1) is 0 Å². The fourth-order valence-corrected chi connectivity index (χ4v) is 3.55. The standard InChI is InChI=1S/C18H21N3O3/c1-20(2)14-3-4-15-13(7-14)9-21(17(15)16-8-19-11-24-16)18(22)12-5-6-23-10-12/h3-4,7-8,11-12,17H,5-6,9-10H2,1-2H3. The number of anilines is 1. The lowest BCUT2D eigenvalue weighted by Crippen LogP contribution is -2.35. The van der Waals surface area contributed by atoms with Crippen molar-refractivity contribution in [3.8, 4) is 0 Å². The van der Waals surface area contributed by atoms with Crippen LogP contribution >= 0.6 is 0 Å².